The number of hydrogen-bond donors (Lipinski definition) is 1. The lowest BCUT2D eigenvalue weighted by molar-refractivity contribution is 0.0563. The van der Waals surface area contributed by atoms with E-state index < -0.39 is 0 Å². The summed E-state index contributed by atoms with van der Waals surface area (Å²) in [5.41, 5.74) is 0. The molecule has 0 aromatic heterocycles. The second-order valence-electron chi connectivity index (χ2n) is 5.80. The van der Waals surface area contributed by atoms with E-state index >= 15 is 0 Å². The Kier molecular flexibility index (Phi) is 10.3. The first-order valence-corrected chi connectivity index (χ1v) is 8.33. The second-order valence-corrected chi connectivity index (χ2v) is 5.80. The number of ether oxygens (including phenoxy) is 2. The molecular formula is C16H34N2O2. The van der Waals surface area contributed by atoms with E-state index in [4.69, 9.17) is 9.47 Å². The Labute approximate surface area is 125 Å². The second kappa shape index (κ2) is 11.5. The normalized spacial score (nSPS) is 22.1. The van der Waals surface area contributed by atoms with E-state index in [1.54, 1.807) is 7.11 Å². The minimum absolute atomic E-state index is 0.602. The summed E-state index contributed by atoms with van der Waals surface area (Å²) in [6.07, 6.45) is 6.40. The maximum atomic E-state index is 5.56. The van der Waals surface area contributed by atoms with Crippen LogP contribution in [0.15, 0.2) is 0 Å². The van der Waals surface area contributed by atoms with E-state index in [0.717, 1.165) is 26.1 Å². The molecule has 0 bridgehead atoms. The summed E-state index contributed by atoms with van der Waals surface area (Å²) >= 11 is 0. The van der Waals surface area contributed by atoms with Gasteiger partial charge in [0.05, 0.1) is 13.2 Å². The Balaban J connectivity index is 2.22. The molecule has 20 heavy (non-hydrogen) atoms. The smallest absolute Gasteiger partial charge is 0.0700 e. The highest BCUT2D eigenvalue weighted by atomic mass is 16.5. The van der Waals surface area contributed by atoms with Crippen LogP contribution < -0.4 is 5.32 Å². The van der Waals surface area contributed by atoms with Gasteiger partial charge < -0.3 is 14.8 Å². The fourth-order valence-electron chi connectivity index (χ4n) is 2.98. The molecule has 0 radical (unpaired) electrons. The first-order chi connectivity index (χ1) is 9.79. The number of likely N-dealkylation sites (tertiary alicyclic amines) is 1. The summed E-state index contributed by atoms with van der Waals surface area (Å²) in [6.45, 7) is 10.4. The van der Waals surface area contributed by atoms with Gasteiger partial charge in [-0.15, -0.1) is 0 Å². The Morgan fingerprint density at radius 1 is 1.25 bits per heavy atom. The van der Waals surface area contributed by atoms with Crippen LogP contribution in [0.3, 0.4) is 0 Å². The molecule has 1 rings (SSSR count). The SMILES string of the molecule is CCCNC(C)C1CCCCN1CCCOCCOC. The van der Waals surface area contributed by atoms with Gasteiger partial charge in [0.2, 0.25) is 0 Å². The highest BCUT2D eigenvalue weighted by Crippen LogP contribution is 2.20. The lowest BCUT2D eigenvalue weighted by Crippen LogP contribution is -2.51. The summed E-state index contributed by atoms with van der Waals surface area (Å²) in [6, 6.07) is 1.30. The van der Waals surface area contributed by atoms with E-state index in [9.17, 15) is 0 Å². The Bertz CT molecular complexity index is 227. The van der Waals surface area contributed by atoms with Crippen LogP contribution in [-0.4, -0.2) is 63.5 Å². The average molecular weight is 286 g/mol. The summed E-state index contributed by atoms with van der Waals surface area (Å²) in [5.74, 6) is 0. The van der Waals surface area contributed by atoms with Gasteiger partial charge in [-0.25, -0.2) is 0 Å². The molecule has 1 aliphatic rings. The molecular weight excluding hydrogens is 252 g/mol. The van der Waals surface area contributed by atoms with Crippen molar-refractivity contribution in [3.8, 4) is 0 Å². The average Bonchev–Trinajstić information content (AvgIpc) is 2.48. The Hall–Kier alpha value is -0.160. The number of nitrogens with one attached hydrogen (secondary N) is 1. The lowest BCUT2D eigenvalue weighted by Gasteiger charge is -2.39. The van der Waals surface area contributed by atoms with Crippen LogP contribution in [-0.2, 0) is 9.47 Å². The zero-order valence-corrected chi connectivity index (χ0v) is 13.7. The zero-order valence-electron chi connectivity index (χ0n) is 13.7. The van der Waals surface area contributed by atoms with Crippen LogP contribution in [0.5, 0.6) is 0 Å². The quantitative estimate of drug-likeness (QED) is 0.591. The van der Waals surface area contributed by atoms with Crippen LogP contribution in [0, 0.1) is 0 Å². The number of piperidine rings is 1. The van der Waals surface area contributed by atoms with Gasteiger partial charge in [0, 0.05) is 32.3 Å². The van der Waals surface area contributed by atoms with Crippen LogP contribution in [0.4, 0.5) is 0 Å². The first-order valence-electron chi connectivity index (χ1n) is 8.33. The third-order valence-electron chi connectivity index (χ3n) is 4.12. The monoisotopic (exact) mass is 286 g/mol. The van der Waals surface area contributed by atoms with Crippen molar-refractivity contribution in [2.45, 2.75) is 58.0 Å². The van der Waals surface area contributed by atoms with Gasteiger partial charge in [0.15, 0.2) is 0 Å². The molecule has 1 aliphatic heterocycles. The molecule has 2 atom stereocenters. The van der Waals surface area contributed by atoms with Gasteiger partial charge in [-0.1, -0.05) is 13.3 Å². The molecule has 120 valence electrons. The molecule has 0 aromatic rings. The van der Waals surface area contributed by atoms with Crippen LogP contribution in [0.25, 0.3) is 0 Å². The van der Waals surface area contributed by atoms with E-state index in [1.165, 1.54) is 32.2 Å². The minimum atomic E-state index is 0.602. The Morgan fingerprint density at radius 3 is 2.85 bits per heavy atom. The molecule has 2 unspecified atom stereocenters. The summed E-state index contributed by atoms with van der Waals surface area (Å²) in [4.78, 5) is 2.66. The van der Waals surface area contributed by atoms with Crippen molar-refractivity contribution in [2.24, 2.45) is 0 Å². The van der Waals surface area contributed by atoms with Crippen molar-refractivity contribution < 1.29 is 9.47 Å². The van der Waals surface area contributed by atoms with Gasteiger partial charge in [-0.3, -0.25) is 4.90 Å². The minimum Gasteiger partial charge on any atom is -0.382 e. The van der Waals surface area contributed by atoms with Gasteiger partial charge >= 0.3 is 0 Å². The third-order valence-corrected chi connectivity index (χ3v) is 4.12. The van der Waals surface area contributed by atoms with E-state index in [2.05, 4.69) is 24.1 Å². The fourth-order valence-corrected chi connectivity index (χ4v) is 2.98. The predicted molar refractivity (Wildman–Crippen MR) is 84.3 cm³/mol. The summed E-state index contributed by atoms with van der Waals surface area (Å²) in [7, 11) is 1.71. The highest BCUT2D eigenvalue weighted by Gasteiger charge is 2.26. The van der Waals surface area contributed by atoms with Gasteiger partial charge in [-0.05, 0) is 45.7 Å². The van der Waals surface area contributed by atoms with Crippen molar-refractivity contribution in [1.29, 1.82) is 0 Å². The third kappa shape index (κ3) is 7.02. The summed E-state index contributed by atoms with van der Waals surface area (Å²) < 4.78 is 10.5. The fraction of sp³-hybridized carbons (Fsp3) is 1.00. The van der Waals surface area contributed by atoms with Gasteiger partial charge in [0.25, 0.3) is 0 Å². The van der Waals surface area contributed by atoms with E-state index in [0.29, 0.717) is 25.3 Å². The molecule has 4 nitrogen and oxygen atoms in total. The van der Waals surface area contributed by atoms with Gasteiger partial charge in [0.1, 0.15) is 0 Å². The molecule has 1 N–H and O–H groups in total. The highest BCUT2D eigenvalue weighted by molar-refractivity contribution is 4.84. The van der Waals surface area contributed by atoms with Crippen molar-refractivity contribution in [2.75, 3.05) is 46.6 Å². The molecule has 4 heteroatoms. The van der Waals surface area contributed by atoms with Crippen LogP contribution >= 0.6 is 0 Å². The van der Waals surface area contributed by atoms with Gasteiger partial charge in [-0.2, -0.15) is 0 Å². The number of nitrogens with zero attached hydrogens (tertiary/aromatic N) is 1. The number of rotatable bonds is 11. The molecule has 0 amide bonds. The molecule has 0 aliphatic carbocycles. The van der Waals surface area contributed by atoms with E-state index in [-0.39, 0.29) is 0 Å². The van der Waals surface area contributed by atoms with Crippen molar-refractivity contribution in [3.63, 3.8) is 0 Å². The zero-order chi connectivity index (χ0) is 14.6. The first kappa shape index (κ1) is 17.9. The largest absolute Gasteiger partial charge is 0.382 e. The van der Waals surface area contributed by atoms with Crippen molar-refractivity contribution >= 4 is 0 Å². The number of hydrogen-bond acceptors (Lipinski definition) is 4. The topological polar surface area (TPSA) is 33.7 Å². The Morgan fingerprint density at radius 2 is 2.10 bits per heavy atom. The molecule has 0 aromatic carbocycles. The maximum absolute atomic E-state index is 5.56. The van der Waals surface area contributed by atoms with Crippen LogP contribution in [0.2, 0.25) is 0 Å². The standard InChI is InChI=1S/C16H34N2O2/c1-4-9-17-15(2)16-8-5-6-10-18(16)11-7-12-20-14-13-19-3/h15-17H,4-14H2,1-3H3. The molecule has 1 fully saturated rings. The van der Waals surface area contributed by atoms with Crippen molar-refractivity contribution in [3.05, 3.63) is 0 Å². The summed E-state index contributed by atoms with van der Waals surface area (Å²) in [5, 5.41) is 3.66. The molecule has 1 saturated heterocycles. The maximum Gasteiger partial charge on any atom is 0.0700 e. The lowest BCUT2D eigenvalue weighted by atomic mass is 9.96. The molecule has 1 heterocycles. The van der Waals surface area contributed by atoms with E-state index in [1.807, 2.05) is 0 Å². The predicted octanol–water partition coefficient (Wildman–Crippen LogP) is 2.28. The molecule has 0 spiro atoms. The van der Waals surface area contributed by atoms with Crippen LogP contribution in [0.1, 0.15) is 46.0 Å². The van der Waals surface area contributed by atoms with Crippen molar-refractivity contribution in [1.82, 2.24) is 10.2 Å². The number of methoxy groups -OCH3 is 1. The molecule has 0 saturated carbocycles.